The van der Waals surface area contributed by atoms with Gasteiger partial charge in [0.1, 0.15) is 0 Å². The Kier molecular flexibility index (Phi) is 5.29. The Balaban J connectivity index is 2.09. The van der Waals surface area contributed by atoms with E-state index in [9.17, 15) is 4.79 Å². The molecule has 0 spiro atoms. The monoisotopic (exact) mass is 318 g/mol. The molecular weight excluding hydrogens is 296 g/mol. The van der Waals surface area contributed by atoms with E-state index in [4.69, 9.17) is 9.73 Å². The maximum Gasteiger partial charge on any atom is 0.338 e. The van der Waals surface area contributed by atoms with Gasteiger partial charge in [-0.2, -0.15) is 0 Å². The molecule has 0 fully saturated rings. The zero-order chi connectivity index (χ0) is 16.2. The number of ether oxygens (including phenoxy) is 1. The summed E-state index contributed by atoms with van der Waals surface area (Å²) in [5.41, 5.74) is 1.29. The van der Waals surface area contributed by atoms with Crippen LogP contribution < -0.4 is 5.32 Å². The van der Waals surface area contributed by atoms with E-state index in [1.165, 1.54) is 0 Å². The third-order valence-corrected chi connectivity index (χ3v) is 4.88. The molecule has 5 heteroatoms. The number of hydrogen-bond donors (Lipinski definition) is 1. The minimum atomic E-state index is -0.300. The highest BCUT2D eigenvalue weighted by molar-refractivity contribution is 8.17. The van der Waals surface area contributed by atoms with Crippen molar-refractivity contribution in [2.45, 2.75) is 39.2 Å². The summed E-state index contributed by atoms with van der Waals surface area (Å²) in [4.78, 5) is 17.5. The Morgan fingerprint density at radius 2 is 1.91 bits per heavy atom. The third kappa shape index (κ3) is 3.35. The quantitative estimate of drug-likeness (QED) is 0.815. The molecule has 4 nitrogen and oxygen atoms in total. The van der Waals surface area contributed by atoms with Crippen molar-refractivity contribution in [3.05, 3.63) is 41.3 Å². The lowest BCUT2D eigenvalue weighted by molar-refractivity contribution is 0.0526. The molecule has 0 saturated heterocycles. The molecule has 0 radical (unpaired) electrons. The number of esters is 1. The van der Waals surface area contributed by atoms with Gasteiger partial charge in [-0.1, -0.05) is 32.2 Å². The first-order chi connectivity index (χ1) is 10.5. The summed E-state index contributed by atoms with van der Waals surface area (Å²) in [5.74, 6) is -0.300. The first-order valence-corrected chi connectivity index (χ1v) is 8.37. The van der Waals surface area contributed by atoms with Crippen LogP contribution in [-0.4, -0.2) is 23.3 Å². The Bertz CT molecular complexity index is 589. The average Bonchev–Trinajstić information content (AvgIpc) is 2.84. The fraction of sp³-hybridized carbons (Fsp3) is 0.412. The van der Waals surface area contributed by atoms with Gasteiger partial charge in [0.2, 0.25) is 0 Å². The van der Waals surface area contributed by atoms with Crippen molar-refractivity contribution in [3.8, 4) is 0 Å². The van der Waals surface area contributed by atoms with Gasteiger partial charge in [0.25, 0.3) is 0 Å². The molecule has 1 N–H and O–H groups in total. The van der Waals surface area contributed by atoms with Gasteiger partial charge >= 0.3 is 5.97 Å². The van der Waals surface area contributed by atoms with Crippen molar-refractivity contribution in [3.63, 3.8) is 0 Å². The van der Waals surface area contributed by atoms with Gasteiger partial charge in [-0.25, -0.2) is 4.79 Å². The maximum atomic E-state index is 11.6. The van der Waals surface area contributed by atoms with E-state index < -0.39 is 0 Å². The molecule has 1 heterocycles. The normalized spacial score (nSPS) is 16.3. The van der Waals surface area contributed by atoms with E-state index in [0.717, 1.165) is 28.6 Å². The number of hydrogen-bond acceptors (Lipinski definition) is 5. The second-order valence-electron chi connectivity index (χ2n) is 5.10. The summed E-state index contributed by atoms with van der Waals surface area (Å²) in [7, 11) is 0. The van der Waals surface area contributed by atoms with Crippen LogP contribution in [0.1, 0.15) is 44.0 Å². The molecule has 1 aromatic carbocycles. The fourth-order valence-electron chi connectivity index (χ4n) is 2.37. The van der Waals surface area contributed by atoms with E-state index in [1.807, 2.05) is 12.1 Å². The van der Waals surface area contributed by atoms with Crippen LogP contribution in [0.25, 0.3) is 0 Å². The molecule has 0 saturated carbocycles. The van der Waals surface area contributed by atoms with Crippen LogP contribution in [0.15, 0.2) is 40.7 Å². The summed E-state index contributed by atoms with van der Waals surface area (Å²) in [6.07, 6.45) is 1.89. The largest absolute Gasteiger partial charge is 0.462 e. The number of thioether (sulfide) groups is 1. The van der Waals surface area contributed by atoms with Gasteiger partial charge in [0.15, 0.2) is 5.17 Å². The van der Waals surface area contributed by atoms with Crippen molar-refractivity contribution in [1.29, 1.82) is 0 Å². The lowest BCUT2D eigenvalue weighted by Gasteiger charge is -2.22. The highest BCUT2D eigenvalue weighted by Crippen LogP contribution is 2.42. The number of benzene rings is 1. The van der Waals surface area contributed by atoms with Crippen molar-refractivity contribution >= 4 is 28.6 Å². The van der Waals surface area contributed by atoms with Crippen molar-refractivity contribution in [2.75, 3.05) is 11.9 Å². The average molecular weight is 318 g/mol. The molecule has 1 aliphatic heterocycles. The predicted molar refractivity (Wildman–Crippen MR) is 93.5 cm³/mol. The van der Waals surface area contributed by atoms with Gasteiger partial charge in [-0.05, 0) is 44.0 Å². The second-order valence-corrected chi connectivity index (χ2v) is 6.19. The number of rotatable bonds is 5. The molecule has 0 aromatic heterocycles. The number of nitrogens with one attached hydrogen (secondary N) is 1. The van der Waals surface area contributed by atoms with Crippen molar-refractivity contribution in [1.82, 2.24) is 0 Å². The zero-order valence-electron chi connectivity index (χ0n) is 13.3. The SMILES string of the molecule is C=C1SC(Nc2ccc(C(=O)OCC)cc2)=NC1(CC)CC. The number of amidine groups is 1. The van der Waals surface area contributed by atoms with Gasteiger partial charge < -0.3 is 10.1 Å². The van der Waals surface area contributed by atoms with Gasteiger partial charge in [-0.15, -0.1) is 0 Å². The predicted octanol–water partition coefficient (Wildman–Crippen LogP) is 4.45. The number of aliphatic imine (C=N–C) groups is 1. The molecule has 0 atom stereocenters. The molecule has 0 unspecified atom stereocenters. The Hall–Kier alpha value is -1.75. The molecule has 0 bridgehead atoms. The first-order valence-electron chi connectivity index (χ1n) is 7.56. The van der Waals surface area contributed by atoms with E-state index in [0.29, 0.717) is 12.2 Å². The molecule has 0 aliphatic carbocycles. The Labute approximate surface area is 136 Å². The second kappa shape index (κ2) is 7.01. The molecule has 2 rings (SSSR count). The molecule has 118 valence electrons. The summed E-state index contributed by atoms with van der Waals surface area (Å²) < 4.78 is 4.97. The smallest absolute Gasteiger partial charge is 0.338 e. The van der Waals surface area contributed by atoms with Crippen molar-refractivity contribution < 1.29 is 9.53 Å². The number of carbonyl (C=O) groups excluding carboxylic acids is 1. The van der Waals surface area contributed by atoms with Crippen LogP contribution in [-0.2, 0) is 4.74 Å². The van der Waals surface area contributed by atoms with Gasteiger partial charge in [-0.3, -0.25) is 4.99 Å². The molecule has 1 aliphatic rings. The van der Waals surface area contributed by atoms with Crippen LogP contribution in [0.3, 0.4) is 0 Å². The van der Waals surface area contributed by atoms with E-state index >= 15 is 0 Å². The van der Waals surface area contributed by atoms with Crippen molar-refractivity contribution in [2.24, 2.45) is 4.99 Å². The number of nitrogens with zero attached hydrogens (tertiary/aromatic N) is 1. The van der Waals surface area contributed by atoms with Crippen LogP contribution in [0.5, 0.6) is 0 Å². The standard InChI is InChI=1S/C17H22N2O2S/c1-5-17(6-2)12(4)22-16(19-17)18-14-10-8-13(9-11-14)15(20)21-7-3/h8-11H,4-7H2,1-3H3,(H,18,19). The number of anilines is 1. The summed E-state index contributed by atoms with van der Waals surface area (Å²) in [5, 5.41) is 4.15. The first kappa shape index (κ1) is 16.6. The Morgan fingerprint density at radius 1 is 1.27 bits per heavy atom. The van der Waals surface area contributed by atoms with Crippen LogP contribution >= 0.6 is 11.8 Å². The highest BCUT2D eigenvalue weighted by Gasteiger charge is 2.36. The molecular formula is C17H22N2O2S. The topological polar surface area (TPSA) is 50.7 Å². The molecule has 22 heavy (non-hydrogen) atoms. The van der Waals surface area contributed by atoms with E-state index in [-0.39, 0.29) is 11.5 Å². The minimum absolute atomic E-state index is 0.155. The van der Waals surface area contributed by atoms with E-state index in [1.54, 1.807) is 30.8 Å². The fourth-order valence-corrected chi connectivity index (χ4v) is 3.52. The van der Waals surface area contributed by atoms with E-state index in [2.05, 4.69) is 25.7 Å². The zero-order valence-corrected chi connectivity index (χ0v) is 14.1. The summed E-state index contributed by atoms with van der Waals surface area (Å²) in [6.45, 7) is 10.6. The lowest BCUT2D eigenvalue weighted by Crippen LogP contribution is -2.22. The molecule has 0 amide bonds. The number of carbonyl (C=O) groups is 1. The summed E-state index contributed by atoms with van der Waals surface area (Å²) in [6, 6.07) is 7.22. The lowest BCUT2D eigenvalue weighted by atomic mass is 9.94. The highest BCUT2D eigenvalue weighted by atomic mass is 32.2. The Morgan fingerprint density at radius 3 is 2.41 bits per heavy atom. The van der Waals surface area contributed by atoms with Crippen LogP contribution in [0, 0.1) is 0 Å². The maximum absolute atomic E-state index is 11.6. The van der Waals surface area contributed by atoms with Crippen LogP contribution in [0.4, 0.5) is 5.69 Å². The molecule has 1 aromatic rings. The minimum Gasteiger partial charge on any atom is -0.462 e. The van der Waals surface area contributed by atoms with Gasteiger partial charge in [0, 0.05) is 10.6 Å². The van der Waals surface area contributed by atoms with Crippen LogP contribution in [0.2, 0.25) is 0 Å². The van der Waals surface area contributed by atoms with Gasteiger partial charge in [0.05, 0.1) is 17.7 Å². The summed E-state index contributed by atoms with van der Waals surface area (Å²) >= 11 is 1.59. The third-order valence-electron chi connectivity index (χ3n) is 3.87.